The van der Waals surface area contributed by atoms with Crippen LogP contribution in [-0.4, -0.2) is 17.7 Å². The first-order valence-corrected chi connectivity index (χ1v) is 15.1. The lowest BCUT2D eigenvalue weighted by Gasteiger charge is -2.19. The fraction of sp³-hybridized carbons (Fsp3) is 0.781. The summed E-state index contributed by atoms with van der Waals surface area (Å²) in [6.45, 7) is 6.55. The van der Waals surface area contributed by atoms with Crippen molar-refractivity contribution >= 4 is 5.97 Å². The summed E-state index contributed by atoms with van der Waals surface area (Å²) in [6.07, 6.45) is 26.6. The maximum atomic E-state index is 11.2. The average Bonchev–Trinajstić information content (AvgIpc) is 2.85. The van der Waals surface area contributed by atoms with E-state index in [4.69, 9.17) is 4.74 Å². The molecule has 0 saturated heterocycles. The molecule has 0 aliphatic rings. The predicted octanol–water partition coefficient (Wildman–Crippen LogP) is 9.86. The summed E-state index contributed by atoms with van der Waals surface area (Å²) in [5.74, 6) is -0.0854. The largest absolute Gasteiger partial charge is 0.482 e. The van der Waals surface area contributed by atoms with Crippen LogP contribution in [0.4, 0.5) is 0 Å². The molecule has 202 valence electrons. The first kappa shape index (κ1) is 31.5. The first-order chi connectivity index (χ1) is 17.1. The van der Waals surface area contributed by atoms with Crippen LogP contribution in [0.15, 0.2) is 12.1 Å². The van der Waals surface area contributed by atoms with Gasteiger partial charge in [-0.1, -0.05) is 123 Å². The first-order valence-electron chi connectivity index (χ1n) is 15.1. The van der Waals surface area contributed by atoms with Crippen LogP contribution in [0.25, 0.3) is 0 Å². The summed E-state index contributed by atoms with van der Waals surface area (Å²) >= 11 is 0. The molecule has 0 unspecified atom stereocenters. The Morgan fingerprint density at radius 3 is 1.51 bits per heavy atom. The van der Waals surface area contributed by atoms with Gasteiger partial charge in [-0.05, 0) is 61.3 Å². The van der Waals surface area contributed by atoms with Crippen LogP contribution in [0, 0.1) is 0 Å². The van der Waals surface area contributed by atoms with Crippen molar-refractivity contribution < 1.29 is 14.6 Å². The molecule has 35 heavy (non-hydrogen) atoms. The maximum absolute atomic E-state index is 11.2. The molecule has 0 aliphatic carbocycles. The molecule has 0 atom stereocenters. The zero-order valence-electron chi connectivity index (χ0n) is 23.5. The Hall–Kier alpha value is -1.51. The van der Waals surface area contributed by atoms with Crippen LogP contribution in [0.5, 0.6) is 5.75 Å². The third kappa shape index (κ3) is 15.3. The van der Waals surface area contributed by atoms with Crippen LogP contribution in [0.1, 0.15) is 153 Å². The zero-order chi connectivity index (χ0) is 25.6. The molecular weight excluding hydrogens is 432 g/mol. The van der Waals surface area contributed by atoms with E-state index in [-0.39, 0.29) is 6.61 Å². The Balaban J connectivity index is 2.93. The highest BCUT2D eigenvalue weighted by atomic mass is 16.5. The summed E-state index contributed by atoms with van der Waals surface area (Å²) in [5.41, 5.74) is 4.27. The second-order valence-electron chi connectivity index (χ2n) is 10.4. The number of hydrogen-bond acceptors (Lipinski definition) is 2. The van der Waals surface area contributed by atoms with E-state index in [2.05, 4.69) is 32.9 Å². The molecule has 1 aromatic rings. The van der Waals surface area contributed by atoms with Gasteiger partial charge in [-0.2, -0.15) is 0 Å². The fourth-order valence-electron chi connectivity index (χ4n) is 5.07. The molecule has 1 N–H and O–H groups in total. The average molecular weight is 489 g/mol. The maximum Gasteiger partial charge on any atom is 0.341 e. The summed E-state index contributed by atoms with van der Waals surface area (Å²) in [5, 5.41) is 9.21. The molecular formula is C32H56O3. The molecule has 0 saturated carbocycles. The van der Waals surface area contributed by atoms with Gasteiger partial charge < -0.3 is 9.84 Å². The Kier molecular flexibility index (Phi) is 19.6. The van der Waals surface area contributed by atoms with E-state index in [0.717, 1.165) is 31.4 Å². The third-order valence-electron chi connectivity index (χ3n) is 7.20. The van der Waals surface area contributed by atoms with Crippen molar-refractivity contribution in [2.75, 3.05) is 6.61 Å². The molecule has 3 heteroatoms. The van der Waals surface area contributed by atoms with Gasteiger partial charge in [-0.15, -0.1) is 0 Å². The van der Waals surface area contributed by atoms with Crippen molar-refractivity contribution in [2.24, 2.45) is 0 Å². The monoisotopic (exact) mass is 488 g/mol. The molecule has 1 rings (SSSR count). The van der Waals surface area contributed by atoms with E-state index < -0.39 is 5.97 Å². The Bertz CT molecular complexity index is 652. The predicted molar refractivity (Wildman–Crippen MR) is 151 cm³/mol. The summed E-state index contributed by atoms with van der Waals surface area (Å²) < 4.78 is 5.82. The molecule has 0 heterocycles. The minimum Gasteiger partial charge on any atom is -0.482 e. The molecule has 0 fully saturated rings. The topological polar surface area (TPSA) is 46.5 Å². The SMILES string of the molecule is CCCCCCCCc1ccc(OCC(=O)O)c(CCCCCCCC)c1CCCCCCCC. The Labute approximate surface area is 217 Å². The quantitative estimate of drug-likeness (QED) is 0.147. The van der Waals surface area contributed by atoms with E-state index in [1.807, 2.05) is 0 Å². The molecule has 0 aliphatic heterocycles. The second-order valence-corrected chi connectivity index (χ2v) is 10.4. The van der Waals surface area contributed by atoms with Crippen LogP contribution in [0.3, 0.4) is 0 Å². The highest BCUT2D eigenvalue weighted by Crippen LogP contribution is 2.31. The van der Waals surface area contributed by atoms with Crippen LogP contribution >= 0.6 is 0 Å². The van der Waals surface area contributed by atoms with Crippen LogP contribution < -0.4 is 4.74 Å². The third-order valence-corrected chi connectivity index (χ3v) is 7.20. The number of rotatable bonds is 24. The van der Waals surface area contributed by atoms with Crippen molar-refractivity contribution in [1.82, 2.24) is 0 Å². The highest BCUT2D eigenvalue weighted by Gasteiger charge is 2.15. The number of hydrogen-bond donors (Lipinski definition) is 1. The number of benzene rings is 1. The number of aliphatic carboxylic acids is 1. The Morgan fingerprint density at radius 2 is 1.03 bits per heavy atom. The van der Waals surface area contributed by atoms with Gasteiger partial charge in [0.15, 0.2) is 6.61 Å². The lowest BCUT2D eigenvalue weighted by atomic mass is 9.89. The lowest BCUT2D eigenvalue weighted by molar-refractivity contribution is -0.139. The number of carboxylic acids is 1. The second kappa shape index (κ2) is 21.7. The van der Waals surface area contributed by atoms with E-state index in [1.54, 1.807) is 0 Å². The molecule has 0 bridgehead atoms. The van der Waals surface area contributed by atoms with Gasteiger partial charge in [0.1, 0.15) is 5.75 Å². The summed E-state index contributed by atoms with van der Waals surface area (Å²) in [4.78, 5) is 11.2. The molecule has 0 radical (unpaired) electrons. The minimum absolute atomic E-state index is 0.253. The zero-order valence-corrected chi connectivity index (χ0v) is 23.5. The van der Waals surface area contributed by atoms with Gasteiger partial charge in [0.05, 0.1) is 0 Å². The van der Waals surface area contributed by atoms with Crippen molar-refractivity contribution in [3.05, 3.63) is 28.8 Å². The van der Waals surface area contributed by atoms with Crippen molar-refractivity contribution in [1.29, 1.82) is 0 Å². The number of aryl methyl sites for hydroxylation is 1. The van der Waals surface area contributed by atoms with Crippen molar-refractivity contribution in [2.45, 2.75) is 156 Å². The van der Waals surface area contributed by atoms with Gasteiger partial charge in [0.2, 0.25) is 0 Å². The van der Waals surface area contributed by atoms with Crippen LogP contribution in [0.2, 0.25) is 0 Å². The Morgan fingerprint density at radius 1 is 0.600 bits per heavy atom. The lowest BCUT2D eigenvalue weighted by Crippen LogP contribution is -2.12. The van der Waals surface area contributed by atoms with Crippen LogP contribution in [-0.2, 0) is 24.1 Å². The summed E-state index contributed by atoms with van der Waals surface area (Å²) in [6, 6.07) is 4.30. The summed E-state index contributed by atoms with van der Waals surface area (Å²) in [7, 11) is 0. The molecule has 3 nitrogen and oxygen atoms in total. The van der Waals surface area contributed by atoms with Gasteiger partial charge in [0, 0.05) is 0 Å². The van der Waals surface area contributed by atoms with Gasteiger partial charge in [-0.25, -0.2) is 4.79 Å². The number of unbranched alkanes of at least 4 members (excludes halogenated alkanes) is 15. The van der Waals surface area contributed by atoms with Crippen molar-refractivity contribution in [3.63, 3.8) is 0 Å². The van der Waals surface area contributed by atoms with Crippen molar-refractivity contribution in [3.8, 4) is 5.75 Å². The van der Waals surface area contributed by atoms with E-state index in [1.165, 1.54) is 126 Å². The van der Waals surface area contributed by atoms with E-state index >= 15 is 0 Å². The number of carboxylic acid groups (broad SMARTS) is 1. The molecule has 0 aromatic heterocycles. The smallest absolute Gasteiger partial charge is 0.341 e. The highest BCUT2D eigenvalue weighted by molar-refractivity contribution is 5.68. The van der Waals surface area contributed by atoms with E-state index in [0.29, 0.717) is 0 Å². The minimum atomic E-state index is -0.899. The molecule has 0 amide bonds. The van der Waals surface area contributed by atoms with Gasteiger partial charge >= 0.3 is 5.97 Å². The normalized spacial score (nSPS) is 11.2. The molecule has 1 aromatic carbocycles. The van der Waals surface area contributed by atoms with Gasteiger partial charge in [-0.3, -0.25) is 0 Å². The standard InChI is InChI=1S/C32H56O3/c1-4-7-10-13-16-19-22-28-25-26-31(35-27-32(33)34)30(24-21-18-15-12-9-6-3)29(28)23-20-17-14-11-8-5-2/h25-26H,4-24,27H2,1-3H3,(H,33,34). The molecule has 0 spiro atoms. The number of carbonyl (C=O) groups is 1. The van der Waals surface area contributed by atoms with Gasteiger partial charge in [0.25, 0.3) is 0 Å². The fourth-order valence-corrected chi connectivity index (χ4v) is 5.07. The van der Waals surface area contributed by atoms with E-state index in [9.17, 15) is 9.90 Å². The number of ether oxygens (including phenoxy) is 1.